The number of carbonyl (C=O) groups is 1. The number of anilines is 1. The first-order chi connectivity index (χ1) is 11.5. The van der Waals surface area contributed by atoms with E-state index in [0.29, 0.717) is 11.3 Å². The molecule has 3 aromatic rings. The molecule has 1 amide bonds. The minimum atomic E-state index is -0.767. The van der Waals surface area contributed by atoms with E-state index in [1.54, 1.807) is 10.6 Å². The Kier molecular flexibility index (Phi) is 3.09. The minimum Gasteiger partial charge on any atom is -0.509 e. The van der Waals surface area contributed by atoms with Crippen molar-refractivity contribution in [3.8, 4) is 0 Å². The van der Waals surface area contributed by atoms with Crippen LogP contribution in [0.25, 0.3) is 16.6 Å². The van der Waals surface area contributed by atoms with Crippen LogP contribution in [0.5, 0.6) is 0 Å². The van der Waals surface area contributed by atoms with Gasteiger partial charge in [0, 0.05) is 6.07 Å². The molecule has 120 valence electrons. The molecule has 0 radical (unpaired) electrons. The summed E-state index contributed by atoms with van der Waals surface area (Å²) < 4.78 is 28.6. The van der Waals surface area contributed by atoms with Crippen LogP contribution in [0.15, 0.2) is 48.2 Å². The lowest BCUT2D eigenvalue weighted by atomic mass is 10.2. The lowest BCUT2D eigenvalue weighted by molar-refractivity contribution is -0.111. The molecule has 2 heterocycles. The average Bonchev–Trinajstić information content (AvgIpc) is 3.05. The molecule has 0 saturated heterocycles. The number of hydrogen-bond donors (Lipinski definition) is 2. The molecule has 1 aliphatic heterocycles. The van der Waals surface area contributed by atoms with Crippen molar-refractivity contribution in [3.05, 3.63) is 65.7 Å². The van der Waals surface area contributed by atoms with Gasteiger partial charge in [-0.1, -0.05) is 12.1 Å². The number of aromatic nitrogens is 2. The second-order valence-corrected chi connectivity index (χ2v) is 5.41. The fraction of sp³-hybridized carbons (Fsp3) is 0.0588. The highest BCUT2D eigenvalue weighted by Crippen LogP contribution is 2.31. The molecular weight excluding hydrogens is 316 g/mol. The predicted octanol–water partition coefficient (Wildman–Crippen LogP) is 3.24. The third-order valence-electron chi connectivity index (χ3n) is 3.88. The zero-order chi connectivity index (χ0) is 16.8. The molecular formula is C17H11F2N3O2. The summed E-state index contributed by atoms with van der Waals surface area (Å²) in [6.45, 7) is 0.101. The second-order valence-electron chi connectivity index (χ2n) is 5.41. The molecule has 0 spiro atoms. The number of amides is 1. The summed E-state index contributed by atoms with van der Waals surface area (Å²) in [6.07, 6.45) is 0. The molecule has 0 fully saturated rings. The van der Waals surface area contributed by atoms with E-state index in [1.165, 1.54) is 0 Å². The van der Waals surface area contributed by atoms with E-state index in [9.17, 15) is 18.7 Å². The summed E-state index contributed by atoms with van der Waals surface area (Å²) in [4.78, 5) is 16.8. The van der Waals surface area contributed by atoms with E-state index < -0.39 is 17.5 Å². The van der Waals surface area contributed by atoms with E-state index >= 15 is 0 Å². The first kappa shape index (κ1) is 14.4. The van der Waals surface area contributed by atoms with Crippen LogP contribution < -0.4 is 5.32 Å². The number of carbonyl (C=O) groups excluding carboxylic acids is 1. The molecule has 0 saturated carbocycles. The lowest BCUT2D eigenvalue weighted by Crippen LogP contribution is -2.15. The van der Waals surface area contributed by atoms with Crippen LogP contribution in [0.1, 0.15) is 5.82 Å². The molecule has 7 heteroatoms. The molecule has 0 bridgehead atoms. The van der Waals surface area contributed by atoms with Gasteiger partial charge in [0.1, 0.15) is 23.0 Å². The standard InChI is InChI=1S/C17H11F2N3O2/c18-9-5-6-10(19)12(7-9)21-17(24)15-14(23)8-22-13-4-2-1-3-11(13)20-16(15)22/h1-7,23H,8H2,(H,21,24). The lowest BCUT2D eigenvalue weighted by Gasteiger charge is -2.07. The Labute approximate surface area is 134 Å². The summed E-state index contributed by atoms with van der Waals surface area (Å²) in [5.74, 6) is -2.06. The number of nitrogens with zero attached hydrogens (tertiary/aromatic N) is 2. The van der Waals surface area contributed by atoms with Crippen molar-refractivity contribution in [2.75, 3.05) is 5.32 Å². The Bertz CT molecular complexity index is 1020. The monoisotopic (exact) mass is 327 g/mol. The smallest absolute Gasteiger partial charge is 0.263 e. The molecule has 0 unspecified atom stereocenters. The number of hydrogen-bond acceptors (Lipinski definition) is 3. The van der Waals surface area contributed by atoms with Gasteiger partial charge in [-0.15, -0.1) is 0 Å². The Morgan fingerprint density at radius 1 is 1.21 bits per heavy atom. The van der Waals surface area contributed by atoms with E-state index in [2.05, 4.69) is 10.3 Å². The number of rotatable bonds is 2. The quantitative estimate of drug-likeness (QED) is 0.759. The van der Waals surface area contributed by atoms with Gasteiger partial charge in [0.25, 0.3) is 5.91 Å². The van der Waals surface area contributed by atoms with E-state index in [1.807, 2.05) is 18.2 Å². The maximum Gasteiger partial charge on any atom is 0.263 e. The first-order valence-electron chi connectivity index (χ1n) is 7.19. The largest absolute Gasteiger partial charge is 0.509 e. The van der Waals surface area contributed by atoms with Crippen molar-refractivity contribution in [2.45, 2.75) is 6.54 Å². The van der Waals surface area contributed by atoms with Crippen molar-refractivity contribution in [3.63, 3.8) is 0 Å². The van der Waals surface area contributed by atoms with Gasteiger partial charge < -0.3 is 15.0 Å². The van der Waals surface area contributed by atoms with Gasteiger partial charge in [0.15, 0.2) is 5.82 Å². The topological polar surface area (TPSA) is 67.2 Å². The highest BCUT2D eigenvalue weighted by Gasteiger charge is 2.30. The molecule has 2 N–H and O–H groups in total. The summed E-state index contributed by atoms with van der Waals surface area (Å²) >= 11 is 0. The molecule has 5 nitrogen and oxygen atoms in total. The Hall–Kier alpha value is -3.22. The second kappa shape index (κ2) is 5.16. The summed E-state index contributed by atoms with van der Waals surface area (Å²) in [5, 5.41) is 12.4. The number of aliphatic hydroxyl groups excluding tert-OH is 1. The average molecular weight is 327 g/mol. The van der Waals surface area contributed by atoms with Gasteiger partial charge in [-0.05, 0) is 24.3 Å². The third-order valence-corrected chi connectivity index (χ3v) is 3.88. The normalized spacial score (nSPS) is 13.4. The van der Waals surface area contributed by atoms with Gasteiger partial charge in [0.05, 0.1) is 23.3 Å². The zero-order valence-corrected chi connectivity index (χ0v) is 12.3. The summed E-state index contributed by atoms with van der Waals surface area (Å²) in [7, 11) is 0. The van der Waals surface area contributed by atoms with Crippen molar-refractivity contribution >= 4 is 28.2 Å². The number of benzene rings is 2. The minimum absolute atomic E-state index is 0.0464. The highest BCUT2D eigenvalue weighted by molar-refractivity contribution is 6.26. The maximum atomic E-state index is 13.7. The molecule has 1 aromatic heterocycles. The molecule has 24 heavy (non-hydrogen) atoms. The Morgan fingerprint density at radius 3 is 2.83 bits per heavy atom. The van der Waals surface area contributed by atoms with Gasteiger partial charge in [0.2, 0.25) is 0 Å². The Balaban J connectivity index is 1.73. The number of nitrogens with one attached hydrogen (secondary N) is 1. The molecule has 0 atom stereocenters. The third kappa shape index (κ3) is 2.13. The zero-order valence-electron chi connectivity index (χ0n) is 12.3. The highest BCUT2D eigenvalue weighted by atomic mass is 19.1. The first-order valence-corrected chi connectivity index (χ1v) is 7.19. The van der Waals surface area contributed by atoms with Crippen LogP contribution in [-0.4, -0.2) is 20.6 Å². The summed E-state index contributed by atoms with van der Waals surface area (Å²) in [6, 6.07) is 10.0. The van der Waals surface area contributed by atoms with Crippen LogP contribution >= 0.6 is 0 Å². The van der Waals surface area contributed by atoms with Crippen molar-refractivity contribution in [1.29, 1.82) is 0 Å². The Morgan fingerprint density at radius 2 is 2.00 bits per heavy atom. The predicted molar refractivity (Wildman–Crippen MR) is 84.3 cm³/mol. The van der Waals surface area contributed by atoms with Gasteiger partial charge in [-0.2, -0.15) is 0 Å². The fourth-order valence-electron chi connectivity index (χ4n) is 2.79. The van der Waals surface area contributed by atoms with Gasteiger partial charge in [-0.25, -0.2) is 13.8 Å². The molecule has 4 rings (SSSR count). The van der Waals surface area contributed by atoms with Crippen LogP contribution in [-0.2, 0) is 11.3 Å². The number of imidazole rings is 1. The van der Waals surface area contributed by atoms with Gasteiger partial charge >= 0.3 is 0 Å². The van der Waals surface area contributed by atoms with E-state index in [0.717, 1.165) is 23.7 Å². The van der Waals surface area contributed by atoms with Crippen LogP contribution in [0.2, 0.25) is 0 Å². The maximum absolute atomic E-state index is 13.7. The number of halogens is 2. The number of para-hydroxylation sites is 2. The van der Waals surface area contributed by atoms with Crippen LogP contribution in [0.4, 0.5) is 14.5 Å². The van der Waals surface area contributed by atoms with Gasteiger partial charge in [-0.3, -0.25) is 4.79 Å². The van der Waals surface area contributed by atoms with Crippen molar-refractivity contribution in [2.24, 2.45) is 0 Å². The molecule has 0 aliphatic carbocycles. The van der Waals surface area contributed by atoms with E-state index in [-0.39, 0.29) is 23.6 Å². The molecule has 2 aromatic carbocycles. The van der Waals surface area contributed by atoms with E-state index in [4.69, 9.17) is 0 Å². The number of aliphatic hydroxyl groups is 1. The van der Waals surface area contributed by atoms with Crippen LogP contribution in [0, 0.1) is 11.6 Å². The van der Waals surface area contributed by atoms with Crippen molar-refractivity contribution < 1.29 is 18.7 Å². The fourth-order valence-corrected chi connectivity index (χ4v) is 2.79. The van der Waals surface area contributed by atoms with Crippen LogP contribution in [0.3, 0.4) is 0 Å². The number of allylic oxidation sites excluding steroid dienone is 1. The SMILES string of the molecule is O=C(Nc1cc(F)ccc1F)C1=C(O)Cn2c1nc1ccccc12. The summed E-state index contributed by atoms with van der Waals surface area (Å²) in [5.41, 5.74) is 1.12. The number of fused-ring (bicyclic) bond motifs is 3. The van der Waals surface area contributed by atoms with Crippen molar-refractivity contribution in [1.82, 2.24) is 9.55 Å². The molecule has 1 aliphatic rings.